The molecule has 26 heavy (non-hydrogen) atoms. The fourth-order valence-electron chi connectivity index (χ4n) is 3.54. The van der Waals surface area contributed by atoms with E-state index in [2.05, 4.69) is 78.4 Å². The van der Waals surface area contributed by atoms with Gasteiger partial charge in [0.2, 0.25) is 5.71 Å². The van der Waals surface area contributed by atoms with Crippen molar-refractivity contribution in [1.29, 1.82) is 0 Å². The van der Waals surface area contributed by atoms with Crippen molar-refractivity contribution in [2.45, 2.75) is 19.8 Å². The van der Waals surface area contributed by atoms with Gasteiger partial charge in [-0.15, -0.1) is 0 Å². The van der Waals surface area contributed by atoms with E-state index in [4.69, 9.17) is 4.42 Å². The smallest absolute Gasteiger partial charge is 0.230 e. The molecule has 5 rings (SSSR count). The quantitative estimate of drug-likeness (QED) is 0.378. The summed E-state index contributed by atoms with van der Waals surface area (Å²) >= 11 is 0. The van der Waals surface area contributed by atoms with Crippen LogP contribution in [0, 0.1) is 0 Å². The van der Waals surface area contributed by atoms with Crippen LogP contribution in [0.5, 0.6) is 0 Å². The van der Waals surface area contributed by atoms with E-state index in [1.807, 2.05) is 6.07 Å². The molecule has 5 aromatic rings. The van der Waals surface area contributed by atoms with Gasteiger partial charge in [0.15, 0.2) is 0 Å². The fourth-order valence-corrected chi connectivity index (χ4v) is 3.54. The van der Waals surface area contributed by atoms with Crippen molar-refractivity contribution in [1.82, 2.24) is 9.97 Å². The lowest BCUT2D eigenvalue weighted by molar-refractivity contribution is 0.653. The topological polar surface area (TPSA) is 38.9 Å². The molecule has 0 saturated heterocycles. The van der Waals surface area contributed by atoms with Crippen LogP contribution in [-0.4, -0.2) is 9.97 Å². The minimum absolute atomic E-state index is 0.510. The molecule has 2 heterocycles. The fraction of sp³-hybridized carbons (Fsp3) is 0.130. The third-order valence-corrected chi connectivity index (χ3v) is 4.99. The summed E-state index contributed by atoms with van der Waals surface area (Å²) in [6, 6.07) is 21.2. The molecule has 0 bridgehead atoms. The summed E-state index contributed by atoms with van der Waals surface area (Å²) in [6.07, 6.45) is 1.58. The van der Waals surface area contributed by atoms with E-state index in [0.29, 0.717) is 11.6 Å². The van der Waals surface area contributed by atoms with Crippen molar-refractivity contribution in [3.05, 3.63) is 72.6 Å². The first kappa shape index (κ1) is 15.1. The minimum Gasteiger partial charge on any atom is -0.438 e. The Bertz CT molecular complexity index is 1250. The first-order chi connectivity index (χ1) is 12.7. The molecular formula is C23H18N2O. The van der Waals surface area contributed by atoms with E-state index >= 15 is 0 Å². The summed E-state index contributed by atoms with van der Waals surface area (Å²) in [6.45, 7) is 4.40. The molecule has 0 amide bonds. The monoisotopic (exact) mass is 338 g/mol. The van der Waals surface area contributed by atoms with Gasteiger partial charge >= 0.3 is 0 Å². The molecule has 0 aliphatic heterocycles. The van der Waals surface area contributed by atoms with Crippen LogP contribution in [0.4, 0.5) is 0 Å². The molecule has 3 aromatic carbocycles. The van der Waals surface area contributed by atoms with Gasteiger partial charge in [-0.1, -0.05) is 62.4 Å². The van der Waals surface area contributed by atoms with Crippen molar-refractivity contribution in [3.63, 3.8) is 0 Å². The van der Waals surface area contributed by atoms with Gasteiger partial charge < -0.3 is 4.42 Å². The Morgan fingerprint density at radius 1 is 0.846 bits per heavy atom. The molecule has 126 valence electrons. The predicted molar refractivity (Wildman–Crippen MR) is 106 cm³/mol. The molecule has 0 N–H and O–H groups in total. The number of rotatable bonds is 2. The second kappa shape index (κ2) is 5.67. The first-order valence-electron chi connectivity index (χ1n) is 8.87. The molecule has 3 heteroatoms. The van der Waals surface area contributed by atoms with Gasteiger partial charge in [0, 0.05) is 10.9 Å². The van der Waals surface area contributed by atoms with Crippen molar-refractivity contribution in [3.8, 4) is 11.3 Å². The Balaban J connectivity index is 1.81. The highest BCUT2D eigenvalue weighted by molar-refractivity contribution is 6.13. The van der Waals surface area contributed by atoms with Crippen LogP contribution in [0.3, 0.4) is 0 Å². The van der Waals surface area contributed by atoms with Crippen molar-refractivity contribution in [2.24, 2.45) is 0 Å². The zero-order valence-corrected chi connectivity index (χ0v) is 14.7. The highest BCUT2D eigenvalue weighted by Crippen LogP contribution is 2.36. The Morgan fingerprint density at radius 2 is 1.58 bits per heavy atom. The summed E-state index contributed by atoms with van der Waals surface area (Å²) in [4.78, 5) is 8.95. The summed E-state index contributed by atoms with van der Waals surface area (Å²) in [5.41, 5.74) is 4.80. The number of fused-ring (bicyclic) bond motifs is 4. The molecule has 2 aromatic heterocycles. The van der Waals surface area contributed by atoms with Crippen LogP contribution < -0.4 is 0 Å². The number of furan rings is 1. The standard InChI is InChI=1S/C23H18N2O/c1-14(2)15-7-9-16(10-8-15)22-21-19-11-17-5-3-4-6-18(17)12-20(19)26-23(21)25-13-24-22/h3-14H,1-2H3. The molecule has 0 unspecified atom stereocenters. The van der Waals surface area contributed by atoms with E-state index in [1.165, 1.54) is 10.9 Å². The largest absolute Gasteiger partial charge is 0.438 e. The van der Waals surface area contributed by atoms with E-state index in [0.717, 1.165) is 33.0 Å². The molecule has 0 atom stereocenters. The summed E-state index contributed by atoms with van der Waals surface area (Å²) in [5, 5.41) is 4.38. The van der Waals surface area contributed by atoms with Crippen molar-refractivity contribution in [2.75, 3.05) is 0 Å². The van der Waals surface area contributed by atoms with Crippen LogP contribution in [-0.2, 0) is 0 Å². The average molecular weight is 338 g/mol. The Labute approximate surface area is 151 Å². The van der Waals surface area contributed by atoms with Gasteiger partial charge in [-0.05, 0) is 34.4 Å². The van der Waals surface area contributed by atoms with Crippen LogP contribution in [0.1, 0.15) is 25.3 Å². The molecule has 0 spiro atoms. The zero-order valence-electron chi connectivity index (χ0n) is 14.7. The van der Waals surface area contributed by atoms with Crippen LogP contribution >= 0.6 is 0 Å². The molecule has 0 aliphatic rings. The third-order valence-electron chi connectivity index (χ3n) is 4.99. The second-order valence-corrected chi connectivity index (χ2v) is 6.98. The lowest BCUT2D eigenvalue weighted by atomic mass is 9.99. The van der Waals surface area contributed by atoms with Crippen LogP contribution in [0.15, 0.2) is 71.4 Å². The molecule has 0 aliphatic carbocycles. The Kier molecular flexibility index (Phi) is 3.29. The summed E-state index contributed by atoms with van der Waals surface area (Å²) < 4.78 is 6.03. The average Bonchev–Trinajstić information content (AvgIpc) is 3.03. The normalized spacial score (nSPS) is 11.8. The lowest BCUT2D eigenvalue weighted by Gasteiger charge is -2.07. The number of aromatic nitrogens is 2. The van der Waals surface area contributed by atoms with E-state index in [9.17, 15) is 0 Å². The Hall–Kier alpha value is -3.20. The predicted octanol–water partition coefficient (Wildman–Crippen LogP) is 6.32. The lowest BCUT2D eigenvalue weighted by Crippen LogP contribution is -1.90. The molecule has 0 saturated carbocycles. The van der Waals surface area contributed by atoms with Gasteiger partial charge in [0.25, 0.3) is 0 Å². The maximum atomic E-state index is 6.03. The van der Waals surface area contributed by atoms with Gasteiger partial charge in [-0.2, -0.15) is 0 Å². The summed E-state index contributed by atoms with van der Waals surface area (Å²) in [7, 11) is 0. The first-order valence-corrected chi connectivity index (χ1v) is 8.87. The van der Waals surface area contributed by atoms with Crippen LogP contribution in [0.2, 0.25) is 0 Å². The zero-order chi connectivity index (χ0) is 17.7. The number of nitrogens with zero attached hydrogens (tertiary/aromatic N) is 2. The number of hydrogen-bond donors (Lipinski definition) is 0. The SMILES string of the molecule is CC(C)c1ccc(-c2ncnc3oc4cc5ccccc5cc4c23)cc1. The van der Waals surface area contributed by atoms with Gasteiger partial charge in [-0.3, -0.25) is 0 Å². The van der Waals surface area contributed by atoms with Gasteiger partial charge in [0.05, 0.1) is 11.1 Å². The maximum absolute atomic E-state index is 6.03. The van der Waals surface area contributed by atoms with E-state index in [-0.39, 0.29) is 0 Å². The molecule has 0 radical (unpaired) electrons. The number of benzene rings is 3. The molecule has 0 fully saturated rings. The number of hydrogen-bond acceptors (Lipinski definition) is 3. The van der Waals surface area contributed by atoms with Crippen molar-refractivity contribution < 1.29 is 4.42 Å². The summed E-state index contributed by atoms with van der Waals surface area (Å²) in [5.74, 6) is 0.510. The van der Waals surface area contributed by atoms with Gasteiger partial charge in [0.1, 0.15) is 11.9 Å². The molecular weight excluding hydrogens is 320 g/mol. The van der Waals surface area contributed by atoms with E-state index < -0.39 is 0 Å². The van der Waals surface area contributed by atoms with Crippen LogP contribution in [0.25, 0.3) is 44.1 Å². The minimum atomic E-state index is 0.510. The maximum Gasteiger partial charge on any atom is 0.230 e. The van der Waals surface area contributed by atoms with Crippen molar-refractivity contribution >= 4 is 32.8 Å². The Morgan fingerprint density at radius 3 is 2.31 bits per heavy atom. The van der Waals surface area contributed by atoms with Gasteiger partial charge in [-0.25, -0.2) is 9.97 Å². The molecule has 3 nitrogen and oxygen atoms in total. The highest BCUT2D eigenvalue weighted by atomic mass is 16.3. The van der Waals surface area contributed by atoms with E-state index in [1.54, 1.807) is 6.33 Å². The highest BCUT2D eigenvalue weighted by Gasteiger charge is 2.15. The third kappa shape index (κ3) is 2.28. The second-order valence-electron chi connectivity index (χ2n) is 6.98.